The molecule has 3 rings (SSSR count). The van der Waals surface area contributed by atoms with E-state index in [1.807, 2.05) is 29.6 Å². The molecule has 1 saturated heterocycles. The van der Waals surface area contributed by atoms with E-state index >= 15 is 0 Å². The summed E-state index contributed by atoms with van der Waals surface area (Å²) in [5.41, 5.74) is 2.18. The van der Waals surface area contributed by atoms with Crippen LogP contribution in [0.25, 0.3) is 0 Å². The molecule has 2 N–H and O–H groups in total. The van der Waals surface area contributed by atoms with Crippen molar-refractivity contribution >= 4 is 28.8 Å². The predicted octanol–water partition coefficient (Wildman–Crippen LogP) is 4.00. The molecule has 122 valence electrons. The van der Waals surface area contributed by atoms with E-state index < -0.39 is 0 Å². The molecule has 1 aromatic heterocycles. The summed E-state index contributed by atoms with van der Waals surface area (Å²) in [6.45, 7) is 3.04. The van der Waals surface area contributed by atoms with E-state index in [0.29, 0.717) is 11.1 Å². The maximum absolute atomic E-state index is 12.7. The van der Waals surface area contributed by atoms with Gasteiger partial charge in [-0.15, -0.1) is 0 Å². The molecule has 1 aliphatic heterocycles. The lowest BCUT2D eigenvalue weighted by Gasteiger charge is -2.29. The molecule has 1 unspecified atom stereocenters. The Morgan fingerprint density at radius 3 is 2.74 bits per heavy atom. The number of piperidine rings is 1. The van der Waals surface area contributed by atoms with Crippen LogP contribution >= 0.6 is 22.9 Å². The molecular weight excluding hydrogens is 328 g/mol. The van der Waals surface area contributed by atoms with Gasteiger partial charge in [-0.05, 0) is 66.4 Å². The van der Waals surface area contributed by atoms with Gasteiger partial charge in [0.25, 0.3) is 0 Å². The first-order valence-corrected chi connectivity index (χ1v) is 9.27. The first-order chi connectivity index (χ1) is 11.1. The van der Waals surface area contributed by atoms with Crippen LogP contribution in [-0.2, 0) is 4.79 Å². The molecule has 1 amide bonds. The lowest BCUT2D eigenvalue weighted by molar-refractivity contribution is -0.126. The minimum absolute atomic E-state index is 0.0830. The molecule has 0 spiro atoms. The van der Waals surface area contributed by atoms with Crippen LogP contribution in [0.2, 0.25) is 5.02 Å². The van der Waals surface area contributed by atoms with Crippen molar-refractivity contribution in [1.82, 2.24) is 10.6 Å². The molecular formula is C18H21ClN2OS. The van der Waals surface area contributed by atoms with Crippen LogP contribution < -0.4 is 10.6 Å². The maximum atomic E-state index is 12.7. The van der Waals surface area contributed by atoms with E-state index in [1.165, 1.54) is 0 Å². The fraction of sp³-hybridized carbons (Fsp3) is 0.389. The van der Waals surface area contributed by atoms with Gasteiger partial charge in [0.05, 0.1) is 6.04 Å². The number of halogens is 1. The predicted molar refractivity (Wildman–Crippen MR) is 95.9 cm³/mol. The summed E-state index contributed by atoms with van der Waals surface area (Å²) in [7, 11) is 0. The largest absolute Gasteiger partial charge is 0.345 e. The topological polar surface area (TPSA) is 41.1 Å². The zero-order valence-corrected chi connectivity index (χ0v) is 14.7. The number of benzene rings is 1. The van der Waals surface area contributed by atoms with E-state index in [4.69, 9.17) is 11.6 Å². The summed E-state index contributed by atoms with van der Waals surface area (Å²) < 4.78 is 0. The molecule has 0 bridgehead atoms. The minimum atomic E-state index is -0.115. The highest BCUT2D eigenvalue weighted by Crippen LogP contribution is 2.27. The molecule has 2 heterocycles. The van der Waals surface area contributed by atoms with Crippen LogP contribution in [0.15, 0.2) is 41.1 Å². The number of hydrogen-bond acceptors (Lipinski definition) is 3. The summed E-state index contributed by atoms with van der Waals surface area (Å²) in [5, 5.41) is 11.5. The second-order valence-corrected chi connectivity index (χ2v) is 7.34. The Morgan fingerprint density at radius 1 is 1.30 bits per heavy atom. The van der Waals surface area contributed by atoms with E-state index in [2.05, 4.69) is 29.0 Å². The molecule has 0 radical (unpaired) electrons. The standard InChI is InChI=1S/C18H21ClN2OS/c1-12-10-14(6-8-20-12)18(22)21-17(15-7-9-23-11-15)13-2-4-16(19)5-3-13/h2-5,7,9,11-12,14,17,20H,6,8,10H2,1H3,(H,21,22)/t12-,14-,17?/m0/s1. The van der Waals surface area contributed by atoms with Crippen LogP contribution in [0.1, 0.15) is 36.9 Å². The van der Waals surface area contributed by atoms with E-state index in [9.17, 15) is 4.79 Å². The quantitative estimate of drug-likeness (QED) is 0.877. The van der Waals surface area contributed by atoms with Crippen molar-refractivity contribution in [1.29, 1.82) is 0 Å². The van der Waals surface area contributed by atoms with Crippen molar-refractivity contribution in [3.05, 3.63) is 57.2 Å². The Balaban J connectivity index is 1.79. The van der Waals surface area contributed by atoms with Crippen LogP contribution in [0.5, 0.6) is 0 Å². The second kappa shape index (κ2) is 7.47. The fourth-order valence-electron chi connectivity index (χ4n) is 3.08. The van der Waals surface area contributed by atoms with Crippen LogP contribution in [0.4, 0.5) is 0 Å². The highest BCUT2D eigenvalue weighted by molar-refractivity contribution is 7.08. The number of carbonyl (C=O) groups excluding carboxylic acids is 1. The van der Waals surface area contributed by atoms with Crippen LogP contribution in [0, 0.1) is 5.92 Å². The van der Waals surface area contributed by atoms with Gasteiger partial charge in [0.2, 0.25) is 5.91 Å². The maximum Gasteiger partial charge on any atom is 0.223 e. The second-order valence-electron chi connectivity index (χ2n) is 6.13. The molecule has 0 aliphatic carbocycles. The van der Waals surface area contributed by atoms with Crippen molar-refractivity contribution in [3.63, 3.8) is 0 Å². The Labute approximate surface area is 146 Å². The van der Waals surface area contributed by atoms with E-state index in [0.717, 1.165) is 30.5 Å². The molecule has 1 fully saturated rings. The Hall–Kier alpha value is -1.36. The summed E-state index contributed by atoms with van der Waals surface area (Å²) in [5.74, 6) is 0.226. The van der Waals surface area contributed by atoms with Crippen molar-refractivity contribution in [2.24, 2.45) is 5.92 Å². The Morgan fingerprint density at radius 2 is 2.09 bits per heavy atom. The average molecular weight is 349 g/mol. The third-order valence-electron chi connectivity index (χ3n) is 4.36. The highest BCUT2D eigenvalue weighted by Gasteiger charge is 2.27. The monoisotopic (exact) mass is 348 g/mol. The van der Waals surface area contributed by atoms with Crippen molar-refractivity contribution in [2.75, 3.05) is 6.54 Å². The molecule has 3 atom stereocenters. The van der Waals surface area contributed by atoms with E-state index in [1.54, 1.807) is 11.3 Å². The van der Waals surface area contributed by atoms with Gasteiger partial charge < -0.3 is 10.6 Å². The zero-order chi connectivity index (χ0) is 16.2. The molecule has 1 aromatic carbocycles. The minimum Gasteiger partial charge on any atom is -0.345 e. The van der Waals surface area contributed by atoms with Crippen molar-refractivity contribution in [2.45, 2.75) is 31.8 Å². The van der Waals surface area contributed by atoms with Crippen molar-refractivity contribution in [3.8, 4) is 0 Å². The van der Waals surface area contributed by atoms with Gasteiger partial charge in [-0.3, -0.25) is 4.79 Å². The molecule has 0 saturated carbocycles. The fourth-order valence-corrected chi connectivity index (χ4v) is 3.90. The summed E-state index contributed by atoms with van der Waals surface area (Å²) in [4.78, 5) is 12.7. The number of thiophene rings is 1. The summed E-state index contributed by atoms with van der Waals surface area (Å²) in [6.07, 6.45) is 1.79. The van der Waals surface area contributed by atoms with Crippen molar-refractivity contribution < 1.29 is 4.79 Å². The summed E-state index contributed by atoms with van der Waals surface area (Å²) in [6, 6.07) is 10.1. The average Bonchev–Trinajstić information content (AvgIpc) is 3.07. The summed E-state index contributed by atoms with van der Waals surface area (Å²) >= 11 is 7.63. The smallest absolute Gasteiger partial charge is 0.223 e. The van der Waals surface area contributed by atoms with Gasteiger partial charge in [0.15, 0.2) is 0 Å². The van der Waals surface area contributed by atoms with Gasteiger partial charge >= 0.3 is 0 Å². The van der Waals surface area contributed by atoms with Crippen LogP contribution in [0.3, 0.4) is 0 Å². The number of amides is 1. The Bertz CT molecular complexity index is 642. The first kappa shape index (κ1) is 16.5. The lowest BCUT2D eigenvalue weighted by Crippen LogP contribution is -2.43. The lowest BCUT2D eigenvalue weighted by atomic mass is 9.91. The normalized spacial score (nSPS) is 22.5. The van der Waals surface area contributed by atoms with Gasteiger partial charge in [-0.2, -0.15) is 11.3 Å². The number of carbonyl (C=O) groups is 1. The third-order valence-corrected chi connectivity index (χ3v) is 5.31. The molecule has 5 heteroatoms. The number of nitrogens with one attached hydrogen (secondary N) is 2. The Kier molecular flexibility index (Phi) is 5.36. The third kappa shape index (κ3) is 4.14. The first-order valence-electron chi connectivity index (χ1n) is 7.95. The number of rotatable bonds is 4. The van der Waals surface area contributed by atoms with Gasteiger partial charge in [-0.1, -0.05) is 23.7 Å². The SMILES string of the molecule is C[C@H]1C[C@@H](C(=O)NC(c2ccc(Cl)cc2)c2ccsc2)CCN1. The highest BCUT2D eigenvalue weighted by atomic mass is 35.5. The zero-order valence-electron chi connectivity index (χ0n) is 13.1. The molecule has 3 nitrogen and oxygen atoms in total. The molecule has 1 aliphatic rings. The van der Waals surface area contributed by atoms with E-state index in [-0.39, 0.29) is 17.9 Å². The molecule has 23 heavy (non-hydrogen) atoms. The van der Waals surface area contributed by atoms with Gasteiger partial charge in [-0.25, -0.2) is 0 Å². The molecule has 2 aromatic rings. The van der Waals surface area contributed by atoms with Crippen LogP contribution in [-0.4, -0.2) is 18.5 Å². The number of hydrogen-bond donors (Lipinski definition) is 2. The van der Waals surface area contributed by atoms with Gasteiger partial charge in [0, 0.05) is 17.0 Å². The van der Waals surface area contributed by atoms with Gasteiger partial charge in [0.1, 0.15) is 0 Å².